The Hall–Kier alpha value is -1.61. The van der Waals surface area contributed by atoms with Gasteiger partial charge in [0.2, 0.25) is 0 Å². The maximum atomic E-state index is 4.76. The monoisotopic (exact) mass is 295 g/mol. The van der Waals surface area contributed by atoms with Crippen molar-refractivity contribution in [2.24, 2.45) is 0 Å². The Morgan fingerprint density at radius 2 is 1.86 bits per heavy atom. The van der Waals surface area contributed by atoms with E-state index in [-0.39, 0.29) is 0 Å². The van der Waals surface area contributed by atoms with Crippen molar-refractivity contribution >= 4 is 0 Å². The molecule has 0 bridgehead atoms. The van der Waals surface area contributed by atoms with Crippen LogP contribution in [0.4, 0.5) is 0 Å². The Bertz CT molecular complexity index is 605. The maximum Gasteiger partial charge on any atom is 0.0648 e. The van der Waals surface area contributed by atoms with Crippen LogP contribution < -0.4 is 5.32 Å². The molecule has 116 valence electrons. The molecule has 1 saturated carbocycles. The van der Waals surface area contributed by atoms with Gasteiger partial charge in [0, 0.05) is 18.2 Å². The van der Waals surface area contributed by atoms with Crippen LogP contribution in [0.25, 0.3) is 5.69 Å². The third-order valence-electron chi connectivity index (χ3n) is 5.30. The standard InChI is InChI=1S/C19H25N3/c1-2-10-17(11-3-1)22-19(13-16-9-6-12-20-16)18(14-21-22)15-7-4-5-8-15/h1-3,10-11,14-16,20H,4-9,12-13H2. The Morgan fingerprint density at radius 1 is 1.05 bits per heavy atom. The van der Waals surface area contributed by atoms with Gasteiger partial charge in [-0.3, -0.25) is 0 Å². The minimum atomic E-state index is 0.624. The fraction of sp³-hybridized carbons (Fsp3) is 0.526. The van der Waals surface area contributed by atoms with Gasteiger partial charge in [-0.05, 0) is 55.8 Å². The minimum absolute atomic E-state index is 0.624. The van der Waals surface area contributed by atoms with Gasteiger partial charge in [0.05, 0.1) is 11.9 Å². The van der Waals surface area contributed by atoms with Gasteiger partial charge >= 0.3 is 0 Å². The fourth-order valence-electron chi connectivity index (χ4n) is 4.12. The van der Waals surface area contributed by atoms with Crippen LogP contribution in [0.15, 0.2) is 36.5 Å². The van der Waals surface area contributed by atoms with E-state index >= 15 is 0 Å². The van der Waals surface area contributed by atoms with Crippen LogP contribution in [0.3, 0.4) is 0 Å². The topological polar surface area (TPSA) is 29.9 Å². The SMILES string of the molecule is c1ccc(-n2ncc(C3CCCC3)c2CC2CCCN2)cc1. The van der Waals surface area contributed by atoms with Crippen LogP contribution in [0, 0.1) is 0 Å². The predicted octanol–water partition coefficient (Wildman–Crippen LogP) is 3.82. The highest BCUT2D eigenvalue weighted by Crippen LogP contribution is 2.37. The van der Waals surface area contributed by atoms with E-state index in [4.69, 9.17) is 5.10 Å². The van der Waals surface area contributed by atoms with Crippen molar-refractivity contribution < 1.29 is 0 Å². The molecule has 22 heavy (non-hydrogen) atoms. The Morgan fingerprint density at radius 3 is 2.59 bits per heavy atom. The first-order valence-corrected chi connectivity index (χ1v) is 8.77. The second kappa shape index (κ2) is 6.25. The Balaban J connectivity index is 1.70. The van der Waals surface area contributed by atoms with Crippen molar-refractivity contribution in [1.82, 2.24) is 15.1 Å². The quantitative estimate of drug-likeness (QED) is 0.929. The largest absolute Gasteiger partial charge is 0.314 e. The lowest BCUT2D eigenvalue weighted by Crippen LogP contribution is -2.25. The second-order valence-electron chi connectivity index (χ2n) is 6.77. The summed E-state index contributed by atoms with van der Waals surface area (Å²) >= 11 is 0. The highest BCUT2D eigenvalue weighted by molar-refractivity contribution is 5.37. The van der Waals surface area contributed by atoms with Gasteiger partial charge in [-0.1, -0.05) is 31.0 Å². The number of rotatable bonds is 4. The summed E-state index contributed by atoms with van der Waals surface area (Å²) in [6.07, 6.45) is 11.3. The summed E-state index contributed by atoms with van der Waals surface area (Å²) in [6.45, 7) is 1.17. The highest BCUT2D eigenvalue weighted by atomic mass is 15.3. The molecule has 2 aliphatic rings. The lowest BCUT2D eigenvalue weighted by atomic mass is 9.95. The second-order valence-corrected chi connectivity index (χ2v) is 6.77. The van der Waals surface area contributed by atoms with E-state index in [1.807, 2.05) is 0 Å². The molecule has 1 unspecified atom stereocenters. The zero-order valence-corrected chi connectivity index (χ0v) is 13.2. The third kappa shape index (κ3) is 2.70. The molecule has 3 heteroatoms. The molecule has 1 aromatic heterocycles. The fourth-order valence-corrected chi connectivity index (χ4v) is 4.12. The van der Waals surface area contributed by atoms with Crippen LogP contribution in [0.2, 0.25) is 0 Å². The van der Waals surface area contributed by atoms with Gasteiger partial charge in [-0.15, -0.1) is 0 Å². The minimum Gasteiger partial charge on any atom is -0.314 e. The molecule has 2 heterocycles. The first-order chi connectivity index (χ1) is 10.9. The number of benzene rings is 1. The molecule has 4 rings (SSSR count). The van der Waals surface area contributed by atoms with Crippen molar-refractivity contribution in [3.8, 4) is 5.69 Å². The number of nitrogens with zero attached hydrogens (tertiary/aromatic N) is 2. The molecular formula is C19H25N3. The molecule has 2 fully saturated rings. The lowest BCUT2D eigenvalue weighted by molar-refractivity contribution is 0.574. The van der Waals surface area contributed by atoms with Crippen LogP contribution in [0.1, 0.15) is 55.7 Å². The maximum absolute atomic E-state index is 4.76. The van der Waals surface area contributed by atoms with E-state index in [0.717, 1.165) is 12.3 Å². The Labute approximate surface area is 132 Å². The van der Waals surface area contributed by atoms with Gasteiger partial charge in [0.25, 0.3) is 0 Å². The average Bonchev–Trinajstić information content (AvgIpc) is 3.30. The average molecular weight is 295 g/mol. The number of para-hydroxylation sites is 1. The molecule has 1 atom stereocenters. The van der Waals surface area contributed by atoms with Gasteiger partial charge in [0.15, 0.2) is 0 Å². The van der Waals surface area contributed by atoms with Crippen molar-refractivity contribution in [3.63, 3.8) is 0 Å². The predicted molar refractivity (Wildman–Crippen MR) is 89.5 cm³/mol. The summed E-state index contributed by atoms with van der Waals surface area (Å²) in [5.74, 6) is 0.730. The van der Waals surface area contributed by atoms with Crippen LogP contribution in [-0.2, 0) is 6.42 Å². The lowest BCUT2D eigenvalue weighted by Gasteiger charge is -2.17. The summed E-state index contributed by atoms with van der Waals surface area (Å²) < 4.78 is 2.19. The zero-order valence-electron chi connectivity index (χ0n) is 13.2. The van der Waals surface area contributed by atoms with E-state index < -0.39 is 0 Å². The molecule has 1 aliphatic heterocycles. The molecule has 0 spiro atoms. The molecule has 0 radical (unpaired) electrons. The summed E-state index contributed by atoms with van der Waals surface area (Å²) in [5, 5.41) is 8.41. The first kappa shape index (κ1) is 14.0. The zero-order chi connectivity index (χ0) is 14.8. The van der Waals surface area contributed by atoms with Crippen molar-refractivity contribution in [1.29, 1.82) is 0 Å². The number of nitrogens with one attached hydrogen (secondary N) is 1. The Kier molecular flexibility index (Phi) is 3.98. The first-order valence-electron chi connectivity index (χ1n) is 8.77. The van der Waals surface area contributed by atoms with Crippen molar-refractivity contribution in [2.45, 2.75) is 56.9 Å². The van der Waals surface area contributed by atoms with E-state index in [1.165, 1.54) is 62.0 Å². The number of aromatic nitrogens is 2. The van der Waals surface area contributed by atoms with Gasteiger partial charge in [0.1, 0.15) is 0 Å². The molecule has 1 saturated heterocycles. The number of hydrogen-bond acceptors (Lipinski definition) is 2. The van der Waals surface area contributed by atoms with Crippen molar-refractivity contribution in [2.75, 3.05) is 6.54 Å². The van der Waals surface area contributed by atoms with Gasteiger partial charge in [-0.2, -0.15) is 5.10 Å². The molecule has 1 aliphatic carbocycles. The van der Waals surface area contributed by atoms with Gasteiger partial charge in [-0.25, -0.2) is 4.68 Å². The summed E-state index contributed by atoms with van der Waals surface area (Å²) in [7, 11) is 0. The van der Waals surface area contributed by atoms with Gasteiger partial charge < -0.3 is 5.32 Å². The van der Waals surface area contributed by atoms with Crippen molar-refractivity contribution in [3.05, 3.63) is 47.8 Å². The summed E-state index contributed by atoms with van der Waals surface area (Å²) in [4.78, 5) is 0. The normalized spacial score (nSPS) is 22.5. The number of hydrogen-bond donors (Lipinski definition) is 1. The molecule has 2 aromatic rings. The van der Waals surface area contributed by atoms with E-state index in [0.29, 0.717) is 6.04 Å². The highest BCUT2D eigenvalue weighted by Gasteiger charge is 2.26. The smallest absolute Gasteiger partial charge is 0.0648 e. The van der Waals surface area contributed by atoms with E-state index in [9.17, 15) is 0 Å². The summed E-state index contributed by atoms with van der Waals surface area (Å²) in [5.41, 5.74) is 4.15. The molecule has 1 N–H and O–H groups in total. The van der Waals surface area contributed by atoms with Crippen LogP contribution in [-0.4, -0.2) is 22.4 Å². The molecule has 3 nitrogen and oxygen atoms in total. The molecular weight excluding hydrogens is 270 g/mol. The van der Waals surface area contributed by atoms with Crippen LogP contribution in [0.5, 0.6) is 0 Å². The van der Waals surface area contributed by atoms with E-state index in [2.05, 4.69) is 46.5 Å². The molecule has 1 aromatic carbocycles. The third-order valence-corrected chi connectivity index (χ3v) is 5.30. The van der Waals surface area contributed by atoms with E-state index in [1.54, 1.807) is 0 Å². The van der Waals surface area contributed by atoms with Crippen LogP contribution >= 0.6 is 0 Å². The summed E-state index contributed by atoms with van der Waals surface area (Å²) in [6, 6.07) is 11.2. The molecule has 0 amide bonds.